The van der Waals surface area contributed by atoms with Gasteiger partial charge in [-0.15, -0.1) is 0 Å². The van der Waals surface area contributed by atoms with Gasteiger partial charge in [0.25, 0.3) is 5.56 Å². The molecule has 0 aliphatic carbocycles. The fourth-order valence-electron chi connectivity index (χ4n) is 2.74. The average molecular weight is 302 g/mol. The molecule has 0 unspecified atom stereocenters. The van der Waals surface area contributed by atoms with Crippen molar-refractivity contribution >= 4 is 10.9 Å². The quantitative estimate of drug-likeness (QED) is 0.584. The molecule has 4 rings (SSSR count). The van der Waals surface area contributed by atoms with Gasteiger partial charge in [0.15, 0.2) is 0 Å². The topological polar surface area (TPSA) is 52.7 Å². The molecule has 0 fully saturated rings. The first-order valence-electron chi connectivity index (χ1n) is 7.36. The minimum absolute atomic E-state index is 0.0489. The van der Waals surface area contributed by atoms with Crippen molar-refractivity contribution in [3.8, 4) is 5.69 Å². The summed E-state index contributed by atoms with van der Waals surface area (Å²) in [6.45, 7) is 0.351. The van der Waals surface area contributed by atoms with Crippen LogP contribution in [-0.2, 0) is 6.54 Å². The van der Waals surface area contributed by atoms with Crippen LogP contribution < -0.4 is 5.56 Å². The van der Waals surface area contributed by atoms with E-state index in [0.29, 0.717) is 12.1 Å². The standard InChI is InChI=1S/C18H14N4O/c23-18-15(13-21-19-10-11-20-21)12-14-6-4-5-9-17(14)22(18)16-7-2-1-3-8-16/h1-12H,13H2. The Bertz CT molecular complexity index is 1000. The summed E-state index contributed by atoms with van der Waals surface area (Å²) in [4.78, 5) is 14.5. The average Bonchev–Trinajstić information content (AvgIpc) is 3.09. The number of nitrogens with zero attached hydrogens (tertiary/aromatic N) is 4. The lowest BCUT2D eigenvalue weighted by atomic mass is 10.1. The van der Waals surface area contributed by atoms with Gasteiger partial charge in [0.2, 0.25) is 0 Å². The number of para-hydroxylation sites is 2. The van der Waals surface area contributed by atoms with Crippen molar-refractivity contribution < 1.29 is 0 Å². The van der Waals surface area contributed by atoms with Crippen molar-refractivity contribution in [2.75, 3.05) is 0 Å². The molecule has 0 aliphatic heterocycles. The first-order valence-corrected chi connectivity index (χ1v) is 7.36. The number of hydrogen-bond acceptors (Lipinski definition) is 3. The third-order valence-corrected chi connectivity index (χ3v) is 3.78. The second-order valence-electron chi connectivity index (χ2n) is 5.26. The molecule has 2 aromatic heterocycles. The SMILES string of the molecule is O=c1c(Cn2nccn2)cc2ccccc2n1-c1ccccc1. The highest BCUT2D eigenvalue weighted by Crippen LogP contribution is 2.17. The molecule has 0 saturated heterocycles. The number of aromatic nitrogens is 4. The van der Waals surface area contributed by atoms with Gasteiger partial charge >= 0.3 is 0 Å². The second-order valence-corrected chi connectivity index (χ2v) is 5.26. The highest BCUT2D eigenvalue weighted by atomic mass is 16.1. The van der Waals surface area contributed by atoms with Crippen LogP contribution in [0.25, 0.3) is 16.6 Å². The van der Waals surface area contributed by atoms with Crippen molar-refractivity contribution in [1.82, 2.24) is 19.6 Å². The Morgan fingerprint density at radius 3 is 2.35 bits per heavy atom. The number of hydrogen-bond donors (Lipinski definition) is 0. The van der Waals surface area contributed by atoms with E-state index in [-0.39, 0.29) is 5.56 Å². The number of benzene rings is 2. The third-order valence-electron chi connectivity index (χ3n) is 3.78. The summed E-state index contributed by atoms with van der Waals surface area (Å²) in [7, 11) is 0. The highest BCUT2D eigenvalue weighted by Gasteiger charge is 2.11. The molecule has 2 aromatic carbocycles. The highest BCUT2D eigenvalue weighted by molar-refractivity contribution is 5.81. The molecule has 5 heteroatoms. The minimum atomic E-state index is -0.0489. The third kappa shape index (κ3) is 2.42. The molecular formula is C18H14N4O. The van der Waals surface area contributed by atoms with E-state index in [4.69, 9.17) is 0 Å². The summed E-state index contributed by atoms with van der Waals surface area (Å²) >= 11 is 0. The Balaban J connectivity index is 1.99. The van der Waals surface area contributed by atoms with Crippen LogP contribution in [0.1, 0.15) is 5.56 Å². The molecule has 4 aromatic rings. The minimum Gasteiger partial charge on any atom is -0.277 e. The van der Waals surface area contributed by atoms with E-state index in [2.05, 4.69) is 10.2 Å². The molecular weight excluding hydrogens is 288 g/mol. The fraction of sp³-hybridized carbons (Fsp3) is 0.0556. The van der Waals surface area contributed by atoms with E-state index in [1.165, 1.54) is 4.80 Å². The van der Waals surface area contributed by atoms with E-state index in [0.717, 1.165) is 16.6 Å². The van der Waals surface area contributed by atoms with Gasteiger partial charge in [-0.3, -0.25) is 9.36 Å². The largest absolute Gasteiger partial charge is 0.277 e. The normalized spacial score (nSPS) is 11.0. The molecule has 0 N–H and O–H groups in total. The second kappa shape index (κ2) is 5.53. The molecule has 0 bridgehead atoms. The van der Waals surface area contributed by atoms with Crippen LogP contribution in [0, 0.1) is 0 Å². The Kier molecular flexibility index (Phi) is 3.24. The molecule has 0 saturated carbocycles. The summed E-state index contributed by atoms with van der Waals surface area (Å²) in [5, 5.41) is 9.20. The Morgan fingerprint density at radius 1 is 0.870 bits per heavy atom. The van der Waals surface area contributed by atoms with E-state index in [9.17, 15) is 4.79 Å². The predicted molar refractivity (Wildman–Crippen MR) is 88.7 cm³/mol. The monoisotopic (exact) mass is 302 g/mol. The Hall–Kier alpha value is -3.21. The van der Waals surface area contributed by atoms with Crippen molar-refractivity contribution in [2.24, 2.45) is 0 Å². The molecule has 5 nitrogen and oxygen atoms in total. The van der Waals surface area contributed by atoms with Crippen LogP contribution in [0.5, 0.6) is 0 Å². The zero-order valence-corrected chi connectivity index (χ0v) is 12.3. The Labute approximate surface area is 132 Å². The van der Waals surface area contributed by atoms with Crippen LogP contribution in [0.15, 0.2) is 77.9 Å². The van der Waals surface area contributed by atoms with E-state index >= 15 is 0 Å². The van der Waals surface area contributed by atoms with Gasteiger partial charge in [0, 0.05) is 11.3 Å². The number of pyridine rings is 1. The van der Waals surface area contributed by atoms with Gasteiger partial charge in [-0.25, -0.2) is 0 Å². The van der Waals surface area contributed by atoms with Crippen molar-refractivity contribution in [3.63, 3.8) is 0 Å². The van der Waals surface area contributed by atoms with E-state index < -0.39 is 0 Å². The van der Waals surface area contributed by atoms with Crippen LogP contribution in [0.4, 0.5) is 0 Å². The summed E-state index contributed by atoms with van der Waals surface area (Å²) in [5.74, 6) is 0. The zero-order chi connectivity index (χ0) is 15.6. The maximum absolute atomic E-state index is 13.0. The predicted octanol–water partition coefficient (Wildman–Crippen LogP) is 2.63. The Morgan fingerprint density at radius 2 is 1.57 bits per heavy atom. The summed E-state index contributed by atoms with van der Waals surface area (Å²) in [5.41, 5.74) is 2.35. The maximum atomic E-state index is 13.0. The molecule has 0 spiro atoms. The van der Waals surface area contributed by atoms with Crippen LogP contribution in [0.3, 0.4) is 0 Å². The van der Waals surface area contributed by atoms with Crippen molar-refractivity contribution in [2.45, 2.75) is 6.54 Å². The zero-order valence-electron chi connectivity index (χ0n) is 12.3. The van der Waals surface area contributed by atoms with Gasteiger partial charge in [0.1, 0.15) is 0 Å². The molecule has 0 amide bonds. The van der Waals surface area contributed by atoms with Crippen LogP contribution in [0.2, 0.25) is 0 Å². The molecule has 0 atom stereocenters. The van der Waals surface area contributed by atoms with Gasteiger partial charge in [-0.05, 0) is 29.7 Å². The lowest BCUT2D eigenvalue weighted by Gasteiger charge is -2.13. The summed E-state index contributed by atoms with van der Waals surface area (Å²) < 4.78 is 1.74. The molecule has 2 heterocycles. The summed E-state index contributed by atoms with van der Waals surface area (Å²) in [6, 6.07) is 19.5. The van der Waals surface area contributed by atoms with Gasteiger partial charge in [0.05, 0.1) is 24.5 Å². The summed E-state index contributed by atoms with van der Waals surface area (Å²) in [6.07, 6.45) is 3.22. The fourth-order valence-corrected chi connectivity index (χ4v) is 2.74. The molecule has 0 aliphatic rings. The first kappa shape index (κ1) is 13.5. The molecule has 23 heavy (non-hydrogen) atoms. The van der Waals surface area contributed by atoms with Gasteiger partial charge in [-0.1, -0.05) is 36.4 Å². The lowest BCUT2D eigenvalue weighted by molar-refractivity contribution is 0.586. The molecule has 112 valence electrons. The maximum Gasteiger partial charge on any atom is 0.260 e. The van der Waals surface area contributed by atoms with Crippen LogP contribution >= 0.6 is 0 Å². The number of rotatable bonds is 3. The first-order chi connectivity index (χ1) is 11.3. The van der Waals surface area contributed by atoms with Crippen molar-refractivity contribution in [1.29, 1.82) is 0 Å². The van der Waals surface area contributed by atoms with Crippen molar-refractivity contribution in [3.05, 3.63) is 89.0 Å². The van der Waals surface area contributed by atoms with Gasteiger partial charge in [-0.2, -0.15) is 15.0 Å². The smallest absolute Gasteiger partial charge is 0.260 e. The van der Waals surface area contributed by atoms with E-state index in [1.54, 1.807) is 17.0 Å². The molecule has 0 radical (unpaired) electrons. The number of fused-ring (bicyclic) bond motifs is 1. The van der Waals surface area contributed by atoms with Crippen LogP contribution in [-0.4, -0.2) is 19.6 Å². The van der Waals surface area contributed by atoms with E-state index in [1.807, 2.05) is 60.7 Å². The lowest BCUT2D eigenvalue weighted by Crippen LogP contribution is -2.24. The van der Waals surface area contributed by atoms with Gasteiger partial charge < -0.3 is 0 Å².